The fraction of sp³-hybridized carbons (Fsp3) is 0.222. The molecule has 1 rings (SSSR count). The third kappa shape index (κ3) is 2.84. The largest absolute Gasteiger partial charge is 0.417 e. The number of halogens is 5. The molecule has 0 spiro atoms. The minimum Gasteiger partial charge on any atom is -0.198 e. The molecule has 0 atom stereocenters. The molecule has 0 aliphatic carbocycles. The molecule has 0 heterocycles. The average Bonchev–Trinajstić information content (AvgIpc) is 2.10. The van der Waals surface area contributed by atoms with Crippen molar-refractivity contribution in [2.45, 2.75) is 12.6 Å². The molecule has 0 aliphatic rings. The van der Waals surface area contributed by atoms with Crippen LogP contribution in [0.15, 0.2) is 16.6 Å². The van der Waals surface area contributed by atoms with Gasteiger partial charge in [-0.1, -0.05) is 6.07 Å². The van der Waals surface area contributed by atoms with Crippen LogP contribution in [-0.2, 0) is 12.6 Å². The Morgan fingerprint density at radius 3 is 2.47 bits per heavy atom. The first-order valence-electron chi connectivity index (χ1n) is 3.79. The Morgan fingerprint density at radius 1 is 1.40 bits per heavy atom. The van der Waals surface area contributed by atoms with Gasteiger partial charge in [0.1, 0.15) is 0 Å². The highest BCUT2D eigenvalue weighted by atomic mass is 127. The second-order valence-corrected chi connectivity index (χ2v) is 4.66. The fourth-order valence-corrected chi connectivity index (χ4v) is 2.29. The van der Waals surface area contributed by atoms with Crippen molar-refractivity contribution >= 4 is 38.5 Å². The van der Waals surface area contributed by atoms with Crippen LogP contribution in [0.2, 0.25) is 0 Å². The number of nitrogens with zero attached hydrogens (tertiary/aromatic N) is 1. The maximum absolute atomic E-state index is 12.7. The number of hydrogen-bond donors (Lipinski definition) is 0. The minimum absolute atomic E-state index is 0.0117. The maximum atomic E-state index is 12.7. The van der Waals surface area contributed by atoms with Crippen molar-refractivity contribution in [1.82, 2.24) is 0 Å². The van der Waals surface area contributed by atoms with Gasteiger partial charge in [-0.2, -0.15) is 18.4 Å². The highest BCUT2D eigenvalue weighted by molar-refractivity contribution is 14.1. The molecular weight excluding hydrogens is 386 g/mol. The SMILES string of the molecule is N#CCc1ccc(Br)c(I)c1C(F)(F)F. The molecule has 0 amide bonds. The van der Waals surface area contributed by atoms with E-state index >= 15 is 0 Å². The van der Waals surface area contributed by atoms with Crippen LogP contribution >= 0.6 is 38.5 Å². The molecule has 1 aromatic carbocycles. The van der Waals surface area contributed by atoms with E-state index in [1.165, 1.54) is 12.1 Å². The summed E-state index contributed by atoms with van der Waals surface area (Å²) in [6, 6.07) is 4.56. The molecule has 15 heavy (non-hydrogen) atoms. The lowest BCUT2D eigenvalue weighted by Gasteiger charge is -2.14. The molecule has 0 aromatic heterocycles. The third-order valence-corrected chi connectivity index (χ3v) is 4.26. The zero-order valence-electron chi connectivity index (χ0n) is 7.20. The number of alkyl halides is 3. The van der Waals surface area contributed by atoms with Crippen LogP contribution in [0.4, 0.5) is 13.2 Å². The van der Waals surface area contributed by atoms with Crippen LogP contribution in [0.5, 0.6) is 0 Å². The number of benzene rings is 1. The Bertz CT molecular complexity index is 423. The summed E-state index contributed by atoms with van der Waals surface area (Å²) >= 11 is 4.65. The first-order chi connectivity index (χ1) is 6.88. The lowest BCUT2D eigenvalue weighted by atomic mass is 10.1. The van der Waals surface area contributed by atoms with Gasteiger partial charge in [-0.15, -0.1) is 0 Å². The van der Waals surface area contributed by atoms with Crippen LogP contribution in [-0.4, -0.2) is 0 Å². The van der Waals surface area contributed by atoms with E-state index in [0.717, 1.165) is 0 Å². The van der Waals surface area contributed by atoms with Crippen molar-refractivity contribution in [3.05, 3.63) is 31.3 Å². The van der Waals surface area contributed by atoms with E-state index in [4.69, 9.17) is 5.26 Å². The van der Waals surface area contributed by atoms with Gasteiger partial charge in [0.05, 0.1) is 18.1 Å². The van der Waals surface area contributed by atoms with Gasteiger partial charge < -0.3 is 0 Å². The third-order valence-electron chi connectivity index (χ3n) is 1.73. The average molecular weight is 390 g/mol. The summed E-state index contributed by atoms with van der Waals surface area (Å²) in [5.74, 6) is 0. The molecule has 6 heteroatoms. The number of nitriles is 1. The summed E-state index contributed by atoms with van der Waals surface area (Å²) in [6.07, 6.45) is -4.66. The van der Waals surface area contributed by atoms with Gasteiger partial charge in [0.15, 0.2) is 0 Å². The quantitative estimate of drug-likeness (QED) is 0.662. The van der Waals surface area contributed by atoms with Crippen LogP contribution in [0.25, 0.3) is 0 Å². The van der Waals surface area contributed by atoms with Crippen molar-refractivity contribution in [2.24, 2.45) is 0 Å². The van der Waals surface area contributed by atoms with Gasteiger partial charge in [0.2, 0.25) is 0 Å². The van der Waals surface area contributed by atoms with Gasteiger partial charge in [-0.25, -0.2) is 0 Å². The van der Waals surface area contributed by atoms with Gasteiger partial charge in [-0.3, -0.25) is 0 Å². The zero-order valence-corrected chi connectivity index (χ0v) is 10.9. The molecular formula is C9H4BrF3IN. The maximum Gasteiger partial charge on any atom is 0.417 e. The molecule has 0 aliphatic heterocycles. The van der Waals surface area contributed by atoms with Gasteiger partial charge >= 0.3 is 6.18 Å². The smallest absolute Gasteiger partial charge is 0.198 e. The molecule has 80 valence electrons. The van der Waals surface area contributed by atoms with Crippen LogP contribution < -0.4 is 0 Å². The first-order valence-corrected chi connectivity index (χ1v) is 5.66. The van der Waals surface area contributed by atoms with Crippen LogP contribution in [0.1, 0.15) is 11.1 Å². The van der Waals surface area contributed by atoms with Crippen molar-refractivity contribution in [2.75, 3.05) is 0 Å². The molecule has 0 bridgehead atoms. The molecule has 0 radical (unpaired) electrons. The second-order valence-electron chi connectivity index (χ2n) is 2.73. The summed E-state index contributed by atoms with van der Waals surface area (Å²) in [4.78, 5) is 0. The van der Waals surface area contributed by atoms with E-state index in [1.54, 1.807) is 28.7 Å². The molecule has 0 N–H and O–H groups in total. The summed E-state index contributed by atoms with van der Waals surface area (Å²) in [5.41, 5.74) is -0.711. The van der Waals surface area contributed by atoms with Crippen molar-refractivity contribution in [3.8, 4) is 6.07 Å². The second kappa shape index (κ2) is 4.70. The minimum atomic E-state index is -4.42. The molecule has 0 fully saturated rings. The van der Waals surface area contributed by atoms with E-state index < -0.39 is 11.7 Å². The first kappa shape index (κ1) is 12.8. The Hall–Kier alpha value is -0.290. The summed E-state index contributed by atoms with van der Waals surface area (Å²) in [5, 5.41) is 8.44. The number of rotatable bonds is 1. The van der Waals surface area contributed by atoms with Gasteiger partial charge in [0.25, 0.3) is 0 Å². The lowest BCUT2D eigenvalue weighted by molar-refractivity contribution is -0.138. The predicted octanol–water partition coefficient (Wildman–Crippen LogP) is 4.14. The van der Waals surface area contributed by atoms with E-state index in [0.29, 0.717) is 4.47 Å². The van der Waals surface area contributed by atoms with Crippen molar-refractivity contribution in [3.63, 3.8) is 0 Å². The Kier molecular flexibility index (Phi) is 4.00. The molecule has 0 saturated heterocycles. The fourth-order valence-electron chi connectivity index (χ4n) is 1.13. The molecule has 1 nitrogen and oxygen atoms in total. The lowest BCUT2D eigenvalue weighted by Crippen LogP contribution is -2.12. The van der Waals surface area contributed by atoms with Crippen LogP contribution in [0, 0.1) is 14.9 Å². The Balaban J connectivity index is 3.43. The molecule has 0 saturated carbocycles. The van der Waals surface area contributed by atoms with Crippen LogP contribution in [0.3, 0.4) is 0 Å². The summed E-state index contributed by atoms with van der Waals surface area (Å²) < 4.78 is 38.5. The van der Waals surface area contributed by atoms with E-state index in [9.17, 15) is 13.2 Å². The van der Waals surface area contributed by atoms with E-state index in [-0.39, 0.29) is 15.6 Å². The highest BCUT2D eigenvalue weighted by Crippen LogP contribution is 2.38. The standard InChI is InChI=1S/C9H4BrF3IN/c10-6-2-1-5(3-4-15)7(8(6)14)9(11,12)13/h1-2H,3H2. The topological polar surface area (TPSA) is 23.8 Å². The predicted molar refractivity (Wildman–Crippen MR) is 61.2 cm³/mol. The summed E-state index contributed by atoms with van der Waals surface area (Å²) in [6.45, 7) is 0. The monoisotopic (exact) mass is 389 g/mol. The van der Waals surface area contributed by atoms with E-state index in [1.807, 2.05) is 0 Å². The normalized spacial score (nSPS) is 11.2. The summed E-state index contributed by atoms with van der Waals surface area (Å²) in [7, 11) is 0. The Morgan fingerprint density at radius 2 is 2.00 bits per heavy atom. The van der Waals surface area contributed by atoms with Gasteiger partial charge in [0, 0.05) is 8.04 Å². The molecule has 0 unspecified atom stereocenters. The molecule has 1 aromatic rings. The highest BCUT2D eigenvalue weighted by Gasteiger charge is 2.36. The zero-order chi connectivity index (χ0) is 11.6. The van der Waals surface area contributed by atoms with Crippen molar-refractivity contribution in [1.29, 1.82) is 5.26 Å². The Labute approximate surface area is 107 Å². The van der Waals surface area contributed by atoms with E-state index in [2.05, 4.69) is 15.9 Å². The number of hydrogen-bond acceptors (Lipinski definition) is 1. The van der Waals surface area contributed by atoms with Crippen molar-refractivity contribution < 1.29 is 13.2 Å². The van der Waals surface area contributed by atoms with Gasteiger partial charge in [-0.05, 0) is 50.2 Å².